The Hall–Kier alpha value is -4.67. The van der Waals surface area contributed by atoms with Crippen LogP contribution in [0.15, 0.2) is 77.3 Å². The Bertz CT molecular complexity index is 2170. The van der Waals surface area contributed by atoms with Gasteiger partial charge in [0.05, 0.1) is 33.9 Å². The number of fused-ring (bicyclic) bond motifs is 2. The first-order valence-electron chi connectivity index (χ1n) is 13.2. The number of furan rings is 1. The number of halogens is 2. The highest BCUT2D eigenvalue weighted by molar-refractivity contribution is 7.92. The summed E-state index contributed by atoms with van der Waals surface area (Å²) in [6.45, 7) is 1.96. The molecular weight excluding hydrogens is 591 g/mol. The van der Waals surface area contributed by atoms with Gasteiger partial charge in [0.15, 0.2) is 0 Å². The Balaban J connectivity index is 1.64. The molecule has 1 amide bonds. The second kappa shape index (κ2) is 10.6. The Morgan fingerprint density at radius 2 is 1.79 bits per heavy atom. The maximum Gasteiger partial charge on any atom is 0.255 e. The van der Waals surface area contributed by atoms with Crippen LogP contribution < -0.4 is 9.62 Å². The number of pyridine rings is 1. The van der Waals surface area contributed by atoms with Crippen molar-refractivity contribution in [1.29, 1.82) is 0 Å². The molecule has 0 saturated heterocycles. The number of aromatic nitrogens is 2. The normalized spacial score (nSPS) is 11.8. The third kappa shape index (κ3) is 5.02. The lowest BCUT2D eigenvalue weighted by molar-refractivity contribution is 0.0964. The van der Waals surface area contributed by atoms with Crippen LogP contribution in [-0.2, 0) is 10.0 Å². The van der Waals surface area contributed by atoms with E-state index in [1.54, 1.807) is 36.4 Å². The number of nitrogens with one attached hydrogen (secondary N) is 2. The molecule has 218 valence electrons. The van der Waals surface area contributed by atoms with Crippen LogP contribution in [-0.4, -0.2) is 44.6 Å². The number of hydrogen-bond donors (Lipinski definition) is 2. The van der Waals surface area contributed by atoms with Gasteiger partial charge in [0.2, 0.25) is 10.0 Å². The maximum absolute atomic E-state index is 14.4. The van der Waals surface area contributed by atoms with Gasteiger partial charge in [0, 0.05) is 59.3 Å². The molecule has 0 saturated carbocycles. The highest BCUT2D eigenvalue weighted by Gasteiger charge is 2.27. The molecule has 3 aromatic heterocycles. The zero-order chi connectivity index (χ0) is 30.6. The number of aryl methyl sites for hydroxylation is 1. The van der Waals surface area contributed by atoms with Gasteiger partial charge in [-0.1, -0.05) is 47.5 Å². The second-order valence-corrected chi connectivity index (χ2v) is 12.7. The van der Waals surface area contributed by atoms with E-state index in [4.69, 9.17) is 16.0 Å². The lowest BCUT2D eigenvalue weighted by Gasteiger charge is -2.21. The molecule has 0 atom stereocenters. The molecule has 6 rings (SSSR count). The summed E-state index contributed by atoms with van der Waals surface area (Å²) in [5.41, 5.74) is 5.13. The summed E-state index contributed by atoms with van der Waals surface area (Å²) in [7, 11) is -0.767. The summed E-state index contributed by atoms with van der Waals surface area (Å²) in [5, 5.41) is 3.81. The van der Waals surface area contributed by atoms with Crippen molar-refractivity contribution in [2.45, 2.75) is 6.92 Å². The van der Waals surface area contributed by atoms with Gasteiger partial charge in [-0.05, 0) is 37.3 Å². The lowest BCUT2D eigenvalue weighted by atomic mass is 9.98. The highest BCUT2D eigenvalue weighted by Crippen LogP contribution is 2.43. The van der Waals surface area contributed by atoms with Gasteiger partial charge in [0.1, 0.15) is 17.2 Å². The van der Waals surface area contributed by atoms with E-state index in [1.807, 2.05) is 31.2 Å². The van der Waals surface area contributed by atoms with E-state index in [1.165, 1.54) is 26.4 Å². The van der Waals surface area contributed by atoms with E-state index in [9.17, 15) is 17.6 Å². The topological polar surface area (TPSA) is 108 Å². The molecular formula is C32H26ClFN4O4S. The Labute approximate surface area is 252 Å². The molecule has 11 heteroatoms. The zero-order valence-electron chi connectivity index (χ0n) is 23.6. The molecule has 43 heavy (non-hydrogen) atoms. The van der Waals surface area contributed by atoms with Crippen LogP contribution in [0.5, 0.6) is 0 Å². The molecule has 0 aliphatic rings. The fourth-order valence-corrected chi connectivity index (χ4v) is 5.81. The Morgan fingerprint density at radius 3 is 2.47 bits per heavy atom. The summed E-state index contributed by atoms with van der Waals surface area (Å²) in [4.78, 5) is 20.9. The molecule has 2 N–H and O–H groups in total. The van der Waals surface area contributed by atoms with E-state index in [2.05, 4.69) is 15.3 Å². The van der Waals surface area contributed by atoms with Gasteiger partial charge < -0.3 is 14.7 Å². The molecule has 0 spiro atoms. The number of anilines is 1. The van der Waals surface area contributed by atoms with Crippen LogP contribution in [0.25, 0.3) is 55.7 Å². The summed E-state index contributed by atoms with van der Waals surface area (Å²) in [5.74, 6) is -0.394. The zero-order valence-corrected chi connectivity index (χ0v) is 25.2. The maximum atomic E-state index is 14.4. The first kappa shape index (κ1) is 28.4. The number of nitrogens with zero attached hydrogens (tertiary/aromatic N) is 2. The van der Waals surface area contributed by atoms with Crippen LogP contribution in [0.3, 0.4) is 0 Å². The number of hydrogen-bond acceptors (Lipinski definition) is 5. The van der Waals surface area contributed by atoms with Gasteiger partial charge in [-0.15, -0.1) is 0 Å². The third-order valence-electron chi connectivity index (χ3n) is 7.44. The molecule has 0 bridgehead atoms. The van der Waals surface area contributed by atoms with Crippen LogP contribution in [0.2, 0.25) is 5.02 Å². The minimum absolute atomic E-state index is 0.247. The molecule has 6 aromatic rings. The number of carbonyl (C=O) groups excluding carboxylic acids is 1. The van der Waals surface area contributed by atoms with Crippen LogP contribution in [0.4, 0.5) is 10.1 Å². The standard InChI is InChI=1S/C32H26ClFN4O4S/c1-17-8-10-18(11-9-17)31-30(32(39)35-2)22-12-20(28(15-29(22)42-31)38(3)43(4,40)41)19-13-26(36-16-23(19)33)27-14-21-24(34)6-5-7-25(21)37-27/h5-16,37H,1-4H3,(H,35,39). The lowest BCUT2D eigenvalue weighted by Crippen LogP contribution is -2.25. The predicted molar refractivity (Wildman–Crippen MR) is 169 cm³/mol. The van der Waals surface area contributed by atoms with E-state index in [0.717, 1.165) is 16.1 Å². The fourth-order valence-electron chi connectivity index (χ4n) is 5.09. The number of aromatic amines is 1. The molecule has 3 aromatic carbocycles. The van der Waals surface area contributed by atoms with Crippen molar-refractivity contribution in [3.63, 3.8) is 0 Å². The predicted octanol–water partition coefficient (Wildman–Crippen LogP) is 7.17. The van der Waals surface area contributed by atoms with Crippen molar-refractivity contribution >= 4 is 55.1 Å². The molecule has 0 fully saturated rings. The van der Waals surface area contributed by atoms with E-state index in [-0.39, 0.29) is 22.4 Å². The monoisotopic (exact) mass is 616 g/mol. The molecule has 8 nitrogen and oxygen atoms in total. The first-order valence-corrected chi connectivity index (χ1v) is 15.5. The van der Waals surface area contributed by atoms with Gasteiger partial charge in [0.25, 0.3) is 5.91 Å². The van der Waals surface area contributed by atoms with Crippen molar-refractivity contribution in [3.05, 3.63) is 94.9 Å². The molecule has 0 radical (unpaired) electrons. The summed E-state index contributed by atoms with van der Waals surface area (Å²) >= 11 is 6.71. The van der Waals surface area contributed by atoms with Gasteiger partial charge in [-0.3, -0.25) is 14.1 Å². The third-order valence-corrected chi connectivity index (χ3v) is 8.94. The second-order valence-electron chi connectivity index (χ2n) is 10.3. The number of benzene rings is 3. The number of H-pyrrole nitrogens is 1. The minimum atomic E-state index is -3.73. The van der Waals surface area contributed by atoms with Crippen LogP contribution in [0.1, 0.15) is 15.9 Å². The number of sulfonamides is 1. The van der Waals surface area contributed by atoms with Gasteiger partial charge >= 0.3 is 0 Å². The smallest absolute Gasteiger partial charge is 0.255 e. The van der Waals surface area contributed by atoms with Crippen LogP contribution >= 0.6 is 11.6 Å². The SMILES string of the molecule is CNC(=O)c1c(-c2ccc(C)cc2)oc2cc(N(C)S(C)(=O)=O)c(-c3cc(-c4cc5c(F)cccc5[nH]4)ncc3Cl)cc12. The van der Waals surface area contributed by atoms with E-state index >= 15 is 0 Å². The van der Waals surface area contributed by atoms with E-state index in [0.29, 0.717) is 61.3 Å². The van der Waals surface area contributed by atoms with E-state index < -0.39 is 10.0 Å². The van der Waals surface area contributed by atoms with Gasteiger partial charge in [-0.2, -0.15) is 0 Å². The Morgan fingerprint density at radius 1 is 1.05 bits per heavy atom. The number of rotatable bonds is 6. The van der Waals surface area contributed by atoms with Crippen molar-refractivity contribution in [2.75, 3.05) is 24.7 Å². The summed E-state index contributed by atoms with van der Waals surface area (Å²) in [6.07, 6.45) is 2.55. The average molecular weight is 617 g/mol. The number of carbonyl (C=O) groups is 1. The highest BCUT2D eigenvalue weighted by atomic mass is 35.5. The van der Waals surface area contributed by atoms with Crippen molar-refractivity contribution in [3.8, 4) is 33.8 Å². The molecule has 3 heterocycles. The molecule has 0 unspecified atom stereocenters. The van der Waals surface area contributed by atoms with Crippen molar-refractivity contribution in [1.82, 2.24) is 15.3 Å². The fraction of sp³-hybridized carbons (Fsp3) is 0.125. The summed E-state index contributed by atoms with van der Waals surface area (Å²) < 4.78 is 47.4. The minimum Gasteiger partial charge on any atom is -0.455 e. The molecule has 0 aliphatic heterocycles. The molecule has 0 aliphatic carbocycles. The average Bonchev–Trinajstić information content (AvgIpc) is 3.58. The Kier molecular flexibility index (Phi) is 6.98. The van der Waals surface area contributed by atoms with Crippen molar-refractivity contribution < 1.29 is 22.0 Å². The summed E-state index contributed by atoms with van der Waals surface area (Å²) in [6, 6.07) is 19.0. The van der Waals surface area contributed by atoms with Crippen LogP contribution in [0, 0.1) is 12.7 Å². The number of amides is 1. The quantitative estimate of drug-likeness (QED) is 0.206. The largest absolute Gasteiger partial charge is 0.455 e. The van der Waals surface area contributed by atoms with Crippen molar-refractivity contribution in [2.24, 2.45) is 0 Å². The van der Waals surface area contributed by atoms with Gasteiger partial charge in [-0.25, -0.2) is 12.8 Å². The first-order chi connectivity index (χ1) is 20.5.